The van der Waals surface area contributed by atoms with Gasteiger partial charge in [0, 0.05) is 12.8 Å². The molecule has 2 bridgehead atoms. The fraction of sp³-hybridized carbons (Fsp3) is 0.867. The molecule has 276 valence electrons. The first-order chi connectivity index (χ1) is 23.6. The summed E-state index contributed by atoms with van der Waals surface area (Å²) in [5.41, 5.74) is 2.47. The number of hydrogen-bond donors (Lipinski definition) is 0. The number of unbranched alkanes of at least 4 members (excludes halogenated alkanes) is 6. The summed E-state index contributed by atoms with van der Waals surface area (Å²) in [5, 5.41) is 0. The van der Waals surface area contributed by atoms with Gasteiger partial charge in [0.15, 0.2) is 0 Å². The average molecular weight is 677 g/mol. The first kappa shape index (κ1) is 37.2. The maximum atomic E-state index is 12.8. The fourth-order valence-electron chi connectivity index (χ4n) is 12.6. The molecule has 0 aromatic rings. The Labute approximate surface area is 300 Å². The van der Waals surface area contributed by atoms with E-state index in [-0.39, 0.29) is 24.0 Å². The number of carbonyl (C=O) groups is 2. The largest absolute Gasteiger partial charge is 0.465 e. The van der Waals surface area contributed by atoms with Gasteiger partial charge < -0.3 is 9.47 Å². The third-order valence-electron chi connectivity index (χ3n) is 15.4. The van der Waals surface area contributed by atoms with Crippen LogP contribution in [0.1, 0.15) is 169 Å². The highest BCUT2D eigenvalue weighted by Crippen LogP contribution is 2.67. The van der Waals surface area contributed by atoms with Gasteiger partial charge in [-0.15, -0.1) is 0 Å². The molecule has 0 aromatic carbocycles. The summed E-state index contributed by atoms with van der Waals surface area (Å²) in [6.07, 6.45) is 31.9. The molecule has 49 heavy (non-hydrogen) atoms. The lowest BCUT2D eigenvalue weighted by Crippen LogP contribution is -2.51. The van der Waals surface area contributed by atoms with Gasteiger partial charge in [-0.3, -0.25) is 9.59 Å². The number of hydrogen-bond acceptors (Lipinski definition) is 4. The molecular weight excluding hydrogens is 604 g/mol. The third-order valence-corrected chi connectivity index (χ3v) is 15.4. The van der Waals surface area contributed by atoms with Crippen molar-refractivity contribution >= 4 is 11.9 Å². The van der Waals surface area contributed by atoms with Crippen LogP contribution in [0.5, 0.6) is 0 Å². The molecule has 0 aliphatic heterocycles. The van der Waals surface area contributed by atoms with Crippen LogP contribution in [0, 0.1) is 64.1 Å². The Morgan fingerprint density at radius 1 is 0.837 bits per heavy atom. The molecule has 3 unspecified atom stereocenters. The van der Waals surface area contributed by atoms with Gasteiger partial charge in [-0.25, -0.2) is 0 Å². The van der Waals surface area contributed by atoms with Gasteiger partial charge in [0.1, 0.15) is 6.10 Å². The van der Waals surface area contributed by atoms with E-state index < -0.39 is 0 Å². The van der Waals surface area contributed by atoms with Crippen molar-refractivity contribution in [3.8, 4) is 0 Å². The Morgan fingerprint density at radius 3 is 2.35 bits per heavy atom. The summed E-state index contributed by atoms with van der Waals surface area (Å²) in [6, 6.07) is 0. The molecule has 6 aliphatic rings. The molecule has 4 saturated carbocycles. The van der Waals surface area contributed by atoms with Crippen molar-refractivity contribution in [1.82, 2.24) is 0 Å². The van der Waals surface area contributed by atoms with Crippen molar-refractivity contribution in [2.24, 2.45) is 64.1 Å². The van der Waals surface area contributed by atoms with Crippen molar-refractivity contribution in [3.63, 3.8) is 0 Å². The average Bonchev–Trinajstić information content (AvgIpc) is 3.80. The molecule has 11 atom stereocenters. The standard InChI is InChI=1S/C45H72O4/c1-31(2)14-13-15-32(3)39-21-22-40-37-20-19-35-30-36(23-25-44(35,4)41(37)24-26-45(39,40)5)49-42(46)16-11-9-7-6-8-10-12-27-48-43(47)38-29-33-17-18-34(38)28-33/h17-19,31-34,36-41H,6-16,20-30H2,1-5H3/t32-,33?,34?,36+,37+,38?,39-,40+,41+,44+,45-/m1/s1. The number of esters is 2. The molecular formula is C45H72O4. The number of allylic oxidation sites excluding steroid dienone is 3. The predicted molar refractivity (Wildman–Crippen MR) is 200 cm³/mol. The molecule has 0 amide bonds. The molecule has 0 aromatic heterocycles. The Kier molecular flexibility index (Phi) is 12.4. The second-order valence-electron chi connectivity index (χ2n) is 18.9. The highest BCUT2D eigenvalue weighted by Gasteiger charge is 2.59. The summed E-state index contributed by atoms with van der Waals surface area (Å²) in [4.78, 5) is 25.2. The zero-order valence-corrected chi connectivity index (χ0v) is 32.2. The smallest absolute Gasteiger partial charge is 0.309 e. The lowest BCUT2D eigenvalue weighted by Gasteiger charge is -2.58. The topological polar surface area (TPSA) is 52.6 Å². The monoisotopic (exact) mass is 677 g/mol. The summed E-state index contributed by atoms with van der Waals surface area (Å²) in [7, 11) is 0. The zero-order valence-electron chi connectivity index (χ0n) is 32.2. The van der Waals surface area contributed by atoms with Crippen molar-refractivity contribution in [2.75, 3.05) is 6.61 Å². The molecule has 0 radical (unpaired) electrons. The van der Waals surface area contributed by atoms with Crippen LogP contribution in [-0.4, -0.2) is 24.6 Å². The molecule has 4 fully saturated rings. The first-order valence-corrected chi connectivity index (χ1v) is 21.3. The zero-order chi connectivity index (χ0) is 34.6. The lowest BCUT2D eigenvalue weighted by molar-refractivity contribution is -0.152. The summed E-state index contributed by atoms with van der Waals surface area (Å²) in [5.74, 6) is 6.38. The normalized spacial score (nSPS) is 38.1. The Balaban J connectivity index is 0.851. The van der Waals surface area contributed by atoms with E-state index in [1.54, 1.807) is 5.57 Å². The van der Waals surface area contributed by atoms with E-state index in [2.05, 4.69) is 52.8 Å². The lowest BCUT2D eigenvalue weighted by atomic mass is 9.47. The van der Waals surface area contributed by atoms with Crippen LogP contribution in [0.4, 0.5) is 0 Å². The van der Waals surface area contributed by atoms with E-state index in [4.69, 9.17) is 9.47 Å². The summed E-state index contributed by atoms with van der Waals surface area (Å²) < 4.78 is 11.7. The van der Waals surface area contributed by atoms with E-state index in [1.807, 2.05) is 0 Å². The summed E-state index contributed by atoms with van der Waals surface area (Å²) in [6.45, 7) is 13.2. The maximum Gasteiger partial charge on any atom is 0.309 e. The van der Waals surface area contributed by atoms with Gasteiger partial charge in [0.25, 0.3) is 0 Å². The predicted octanol–water partition coefficient (Wildman–Crippen LogP) is 11.8. The van der Waals surface area contributed by atoms with Crippen LogP contribution in [0.25, 0.3) is 0 Å². The van der Waals surface area contributed by atoms with Crippen LogP contribution in [-0.2, 0) is 19.1 Å². The highest BCUT2D eigenvalue weighted by atomic mass is 16.5. The molecule has 6 aliphatic carbocycles. The van der Waals surface area contributed by atoms with E-state index in [9.17, 15) is 9.59 Å². The van der Waals surface area contributed by atoms with E-state index >= 15 is 0 Å². The second-order valence-corrected chi connectivity index (χ2v) is 18.9. The summed E-state index contributed by atoms with van der Waals surface area (Å²) >= 11 is 0. The fourth-order valence-corrected chi connectivity index (χ4v) is 12.6. The second kappa shape index (κ2) is 16.4. The maximum absolute atomic E-state index is 12.8. The van der Waals surface area contributed by atoms with Crippen LogP contribution < -0.4 is 0 Å². The SMILES string of the molecule is CC(C)CCC[C@@H](C)[C@H]1CC[C@H]2[C@@H]3CC=C4C[C@@H](OC(=O)CCCCCCCCCOC(=O)C5CC6C=CC5C6)CC[C@]4(C)[C@H]3CC[C@]12C. The quantitative estimate of drug-likeness (QED) is 0.0874. The minimum Gasteiger partial charge on any atom is -0.465 e. The highest BCUT2D eigenvalue weighted by molar-refractivity contribution is 5.74. The first-order valence-electron chi connectivity index (χ1n) is 21.3. The Hall–Kier alpha value is -1.58. The van der Waals surface area contributed by atoms with Crippen LogP contribution in [0.15, 0.2) is 23.8 Å². The third kappa shape index (κ3) is 8.40. The van der Waals surface area contributed by atoms with Crippen LogP contribution >= 0.6 is 0 Å². The van der Waals surface area contributed by atoms with Gasteiger partial charge >= 0.3 is 11.9 Å². The molecule has 4 nitrogen and oxygen atoms in total. The van der Waals surface area contributed by atoms with Gasteiger partial charge in [0.2, 0.25) is 0 Å². The molecule has 0 N–H and O–H groups in total. The van der Waals surface area contributed by atoms with Gasteiger partial charge in [-0.2, -0.15) is 0 Å². The Bertz CT molecular complexity index is 1180. The van der Waals surface area contributed by atoms with Gasteiger partial charge in [-0.05, 0) is 129 Å². The van der Waals surface area contributed by atoms with Gasteiger partial charge in [0.05, 0.1) is 12.5 Å². The van der Waals surface area contributed by atoms with E-state index in [0.29, 0.717) is 35.7 Å². The van der Waals surface area contributed by atoms with E-state index in [1.165, 1.54) is 77.0 Å². The van der Waals surface area contributed by atoms with Crippen LogP contribution in [0.3, 0.4) is 0 Å². The van der Waals surface area contributed by atoms with Crippen molar-refractivity contribution in [1.29, 1.82) is 0 Å². The number of rotatable bonds is 17. The number of fused-ring (bicyclic) bond motifs is 7. The number of carbonyl (C=O) groups excluding carboxylic acids is 2. The molecule has 0 saturated heterocycles. The molecule has 0 heterocycles. The molecule has 0 spiro atoms. The van der Waals surface area contributed by atoms with Crippen molar-refractivity contribution < 1.29 is 19.1 Å². The molecule has 4 heteroatoms. The van der Waals surface area contributed by atoms with Crippen molar-refractivity contribution in [3.05, 3.63) is 23.8 Å². The minimum atomic E-state index is 0.0172. The molecule has 6 rings (SSSR count). The van der Waals surface area contributed by atoms with Crippen LogP contribution in [0.2, 0.25) is 0 Å². The minimum absolute atomic E-state index is 0.0172. The van der Waals surface area contributed by atoms with E-state index in [0.717, 1.165) is 86.9 Å². The van der Waals surface area contributed by atoms with Gasteiger partial charge in [-0.1, -0.05) is 110 Å². The number of ether oxygens (including phenoxy) is 2. The Morgan fingerprint density at radius 2 is 1.61 bits per heavy atom. The van der Waals surface area contributed by atoms with Crippen molar-refractivity contribution in [2.45, 2.75) is 176 Å².